The molecule has 0 radical (unpaired) electrons. The van der Waals surface area contributed by atoms with Crippen LogP contribution in [0, 0.1) is 5.41 Å². The Bertz CT molecular complexity index is 230. The highest BCUT2D eigenvalue weighted by atomic mass is 16.5. The molecule has 2 atom stereocenters. The van der Waals surface area contributed by atoms with Crippen LogP contribution in [0.2, 0.25) is 0 Å². The normalized spacial score (nSPS) is 30.1. The molecule has 1 fully saturated rings. The third-order valence-electron chi connectivity index (χ3n) is 3.73. The van der Waals surface area contributed by atoms with E-state index in [0.717, 1.165) is 44.9 Å². The first kappa shape index (κ1) is 13.5. The molecule has 0 aromatic rings. The van der Waals surface area contributed by atoms with E-state index in [1.807, 2.05) is 6.92 Å². The quantitative estimate of drug-likeness (QED) is 0.580. The fourth-order valence-corrected chi connectivity index (χ4v) is 2.30. The van der Waals surface area contributed by atoms with Gasteiger partial charge in [0, 0.05) is 6.04 Å². The second-order valence-corrected chi connectivity index (χ2v) is 5.11. The third kappa shape index (κ3) is 3.21. The topological polar surface area (TPSA) is 52.3 Å². The summed E-state index contributed by atoms with van der Waals surface area (Å²) in [5, 5.41) is 0. The smallest absolute Gasteiger partial charge is 0.313 e. The molecule has 94 valence electrons. The van der Waals surface area contributed by atoms with Gasteiger partial charge in [0.05, 0.1) is 12.0 Å². The monoisotopic (exact) mass is 227 g/mol. The zero-order valence-corrected chi connectivity index (χ0v) is 10.6. The molecule has 0 aromatic carbocycles. The van der Waals surface area contributed by atoms with Gasteiger partial charge in [-0.25, -0.2) is 0 Å². The van der Waals surface area contributed by atoms with Gasteiger partial charge in [-0.05, 0) is 26.2 Å². The van der Waals surface area contributed by atoms with E-state index in [1.54, 1.807) is 0 Å². The van der Waals surface area contributed by atoms with Gasteiger partial charge in [-0.2, -0.15) is 0 Å². The van der Waals surface area contributed by atoms with E-state index in [-0.39, 0.29) is 12.0 Å². The molecule has 16 heavy (non-hydrogen) atoms. The summed E-state index contributed by atoms with van der Waals surface area (Å²) in [6.45, 7) is 4.65. The molecule has 1 saturated carbocycles. The van der Waals surface area contributed by atoms with Crippen molar-refractivity contribution in [1.82, 2.24) is 0 Å². The molecule has 2 N–H and O–H groups in total. The molecule has 3 nitrogen and oxygen atoms in total. The van der Waals surface area contributed by atoms with Crippen molar-refractivity contribution in [2.24, 2.45) is 11.1 Å². The zero-order chi connectivity index (χ0) is 12.0. The van der Waals surface area contributed by atoms with Crippen molar-refractivity contribution in [2.45, 2.75) is 64.8 Å². The lowest BCUT2D eigenvalue weighted by Gasteiger charge is -2.36. The summed E-state index contributed by atoms with van der Waals surface area (Å²) in [7, 11) is 0. The standard InChI is InChI=1S/C13H25NO2/c1-3-4-7-10-16-12(15)13(2)9-6-5-8-11(13)14/h11H,3-10,14H2,1-2H3. The number of unbranched alkanes of at least 4 members (excludes halogenated alkanes) is 2. The zero-order valence-electron chi connectivity index (χ0n) is 10.6. The predicted octanol–water partition coefficient (Wildman–Crippen LogP) is 2.63. The van der Waals surface area contributed by atoms with E-state index in [2.05, 4.69) is 6.92 Å². The van der Waals surface area contributed by atoms with Gasteiger partial charge in [0.1, 0.15) is 0 Å². The van der Waals surface area contributed by atoms with Crippen LogP contribution in [0.5, 0.6) is 0 Å². The minimum atomic E-state index is -0.440. The van der Waals surface area contributed by atoms with E-state index in [1.165, 1.54) is 0 Å². The molecule has 2 unspecified atom stereocenters. The highest BCUT2D eigenvalue weighted by molar-refractivity contribution is 5.77. The molecule has 0 aromatic heterocycles. The average Bonchev–Trinajstić information content (AvgIpc) is 2.28. The number of hydrogen-bond acceptors (Lipinski definition) is 3. The van der Waals surface area contributed by atoms with Crippen LogP contribution in [0.3, 0.4) is 0 Å². The van der Waals surface area contributed by atoms with Crippen molar-refractivity contribution in [3.8, 4) is 0 Å². The molecule has 0 saturated heterocycles. The minimum Gasteiger partial charge on any atom is -0.465 e. The van der Waals surface area contributed by atoms with Crippen LogP contribution in [-0.4, -0.2) is 18.6 Å². The number of hydrogen-bond donors (Lipinski definition) is 1. The van der Waals surface area contributed by atoms with Crippen LogP contribution in [0.25, 0.3) is 0 Å². The maximum atomic E-state index is 12.0. The first-order valence-electron chi connectivity index (χ1n) is 6.54. The van der Waals surface area contributed by atoms with Gasteiger partial charge in [0.2, 0.25) is 0 Å². The number of carbonyl (C=O) groups excluding carboxylic acids is 1. The largest absolute Gasteiger partial charge is 0.465 e. The number of nitrogens with two attached hydrogens (primary N) is 1. The van der Waals surface area contributed by atoms with Crippen molar-refractivity contribution in [2.75, 3.05) is 6.61 Å². The summed E-state index contributed by atoms with van der Waals surface area (Å²) < 4.78 is 5.34. The number of esters is 1. The summed E-state index contributed by atoms with van der Waals surface area (Å²) in [6.07, 6.45) is 7.29. The Morgan fingerprint density at radius 3 is 2.81 bits per heavy atom. The molecule has 0 spiro atoms. The van der Waals surface area contributed by atoms with Gasteiger partial charge in [-0.15, -0.1) is 0 Å². The highest BCUT2D eigenvalue weighted by Crippen LogP contribution is 2.36. The van der Waals surface area contributed by atoms with Gasteiger partial charge in [0.15, 0.2) is 0 Å². The van der Waals surface area contributed by atoms with Crippen molar-refractivity contribution < 1.29 is 9.53 Å². The van der Waals surface area contributed by atoms with E-state index in [4.69, 9.17) is 10.5 Å². The Morgan fingerprint density at radius 1 is 1.44 bits per heavy atom. The van der Waals surface area contributed by atoms with Crippen LogP contribution < -0.4 is 5.73 Å². The molecule has 3 heteroatoms. The second kappa shape index (κ2) is 6.24. The van der Waals surface area contributed by atoms with Gasteiger partial charge in [-0.1, -0.05) is 32.6 Å². The van der Waals surface area contributed by atoms with Gasteiger partial charge < -0.3 is 10.5 Å². The summed E-state index contributed by atoms with van der Waals surface area (Å²) in [5.41, 5.74) is 5.60. The molecule has 1 aliphatic rings. The summed E-state index contributed by atoms with van der Waals surface area (Å²) in [5.74, 6) is -0.0872. The molecule has 1 rings (SSSR count). The molecule has 0 aliphatic heterocycles. The Balaban J connectivity index is 2.38. The van der Waals surface area contributed by atoms with Crippen molar-refractivity contribution >= 4 is 5.97 Å². The predicted molar refractivity (Wildman–Crippen MR) is 65.0 cm³/mol. The Labute approximate surface area is 98.7 Å². The SMILES string of the molecule is CCCCCOC(=O)C1(C)CCCCC1N. The first-order valence-corrected chi connectivity index (χ1v) is 6.54. The molecule has 0 amide bonds. The summed E-state index contributed by atoms with van der Waals surface area (Å²) >= 11 is 0. The lowest BCUT2D eigenvalue weighted by atomic mass is 9.72. The Hall–Kier alpha value is -0.570. The van der Waals surface area contributed by atoms with Crippen molar-refractivity contribution in [3.63, 3.8) is 0 Å². The minimum absolute atomic E-state index is 0.0278. The molecular formula is C13H25NO2. The van der Waals surface area contributed by atoms with E-state index < -0.39 is 5.41 Å². The molecule has 1 aliphatic carbocycles. The number of carbonyl (C=O) groups is 1. The maximum Gasteiger partial charge on any atom is 0.313 e. The van der Waals surface area contributed by atoms with Gasteiger partial charge >= 0.3 is 5.97 Å². The van der Waals surface area contributed by atoms with Crippen LogP contribution in [-0.2, 0) is 9.53 Å². The molecule has 0 bridgehead atoms. The second-order valence-electron chi connectivity index (χ2n) is 5.11. The average molecular weight is 227 g/mol. The lowest BCUT2D eigenvalue weighted by Crippen LogP contribution is -2.48. The summed E-state index contributed by atoms with van der Waals surface area (Å²) in [4.78, 5) is 12.0. The Kier molecular flexibility index (Phi) is 5.26. The number of rotatable bonds is 5. The lowest BCUT2D eigenvalue weighted by molar-refractivity contribution is -0.158. The third-order valence-corrected chi connectivity index (χ3v) is 3.73. The number of ether oxygens (including phenoxy) is 1. The highest BCUT2D eigenvalue weighted by Gasteiger charge is 2.42. The van der Waals surface area contributed by atoms with Gasteiger partial charge in [-0.3, -0.25) is 4.79 Å². The first-order chi connectivity index (χ1) is 7.61. The summed E-state index contributed by atoms with van der Waals surface area (Å²) in [6, 6.07) is -0.0278. The van der Waals surface area contributed by atoms with E-state index >= 15 is 0 Å². The van der Waals surface area contributed by atoms with Gasteiger partial charge in [0.25, 0.3) is 0 Å². The molecular weight excluding hydrogens is 202 g/mol. The van der Waals surface area contributed by atoms with Crippen LogP contribution in [0.15, 0.2) is 0 Å². The fraction of sp³-hybridized carbons (Fsp3) is 0.923. The van der Waals surface area contributed by atoms with E-state index in [9.17, 15) is 4.79 Å². The van der Waals surface area contributed by atoms with Crippen LogP contribution in [0.4, 0.5) is 0 Å². The van der Waals surface area contributed by atoms with Crippen molar-refractivity contribution in [1.29, 1.82) is 0 Å². The van der Waals surface area contributed by atoms with Crippen molar-refractivity contribution in [3.05, 3.63) is 0 Å². The van der Waals surface area contributed by atoms with Crippen LogP contribution >= 0.6 is 0 Å². The Morgan fingerprint density at radius 2 is 2.19 bits per heavy atom. The molecule has 0 heterocycles. The maximum absolute atomic E-state index is 12.0. The van der Waals surface area contributed by atoms with Crippen LogP contribution in [0.1, 0.15) is 58.8 Å². The fourth-order valence-electron chi connectivity index (χ4n) is 2.30. The van der Waals surface area contributed by atoms with E-state index in [0.29, 0.717) is 6.61 Å².